The lowest BCUT2D eigenvalue weighted by molar-refractivity contribution is -0.128. The molecule has 1 N–H and O–H groups in total. The highest BCUT2D eigenvalue weighted by molar-refractivity contribution is 6.03. The number of benzene rings is 1. The van der Waals surface area contributed by atoms with Crippen LogP contribution in [-0.4, -0.2) is 67.5 Å². The van der Waals surface area contributed by atoms with E-state index < -0.39 is 6.03 Å². The SMILES string of the molecule is COc1cc(OC)cc(C(=O)N2CC(N3C(=O)CNC3=O)C2)c1. The number of nitrogens with zero attached hydrogens (tertiary/aromatic N) is 2. The maximum absolute atomic E-state index is 12.5. The van der Waals surface area contributed by atoms with Crippen molar-refractivity contribution >= 4 is 17.8 Å². The molecule has 0 unspecified atom stereocenters. The molecule has 0 atom stereocenters. The predicted octanol–water partition coefficient (Wildman–Crippen LogP) is 0.0800. The number of rotatable bonds is 4. The molecular weight excluding hydrogens is 302 g/mol. The summed E-state index contributed by atoms with van der Waals surface area (Å²) in [5.41, 5.74) is 0.442. The van der Waals surface area contributed by atoms with Gasteiger partial charge in [0, 0.05) is 24.7 Å². The molecule has 2 aliphatic rings. The molecule has 23 heavy (non-hydrogen) atoms. The summed E-state index contributed by atoms with van der Waals surface area (Å²) in [6.45, 7) is 0.686. The van der Waals surface area contributed by atoms with Crippen molar-refractivity contribution in [2.45, 2.75) is 6.04 Å². The Labute approximate surface area is 132 Å². The third-order valence-corrected chi connectivity index (χ3v) is 3.99. The van der Waals surface area contributed by atoms with Crippen LogP contribution in [0.2, 0.25) is 0 Å². The van der Waals surface area contributed by atoms with E-state index in [4.69, 9.17) is 9.47 Å². The average molecular weight is 319 g/mol. The van der Waals surface area contributed by atoms with E-state index in [2.05, 4.69) is 5.32 Å². The van der Waals surface area contributed by atoms with Gasteiger partial charge in [-0.1, -0.05) is 0 Å². The Hall–Kier alpha value is -2.77. The van der Waals surface area contributed by atoms with Crippen molar-refractivity contribution < 1.29 is 23.9 Å². The first-order chi connectivity index (χ1) is 11.0. The van der Waals surface area contributed by atoms with Crippen LogP contribution < -0.4 is 14.8 Å². The van der Waals surface area contributed by atoms with E-state index in [1.165, 1.54) is 19.1 Å². The summed E-state index contributed by atoms with van der Waals surface area (Å²) in [5.74, 6) is 0.610. The third kappa shape index (κ3) is 2.67. The van der Waals surface area contributed by atoms with Crippen LogP contribution >= 0.6 is 0 Å². The fourth-order valence-corrected chi connectivity index (χ4v) is 2.70. The highest BCUT2D eigenvalue weighted by atomic mass is 16.5. The number of carbonyl (C=O) groups is 3. The molecule has 2 heterocycles. The lowest BCUT2D eigenvalue weighted by atomic mass is 10.0. The van der Waals surface area contributed by atoms with Crippen LogP contribution in [0.25, 0.3) is 0 Å². The van der Waals surface area contributed by atoms with Gasteiger partial charge in [0.15, 0.2) is 0 Å². The Kier molecular flexibility index (Phi) is 3.81. The first-order valence-corrected chi connectivity index (χ1v) is 7.15. The maximum Gasteiger partial charge on any atom is 0.324 e. The Morgan fingerprint density at radius 2 is 1.74 bits per heavy atom. The summed E-state index contributed by atoms with van der Waals surface area (Å²) in [6, 6.07) is 4.29. The maximum atomic E-state index is 12.5. The van der Waals surface area contributed by atoms with Crippen molar-refractivity contribution in [3.05, 3.63) is 23.8 Å². The summed E-state index contributed by atoms with van der Waals surface area (Å²) in [7, 11) is 3.03. The second-order valence-electron chi connectivity index (χ2n) is 5.39. The molecule has 1 aromatic carbocycles. The van der Waals surface area contributed by atoms with Gasteiger partial charge in [0.2, 0.25) is 5.91 Å². The topological polar surface area (TPSA) is 88.2 Å². The first kappa shape index (κ1) is 15.1. The fraction of sp³-hybridized carbons (Fsp3) is 0.400. The molecular formula is C15H17N3O5. The largest absolute Gasteiger partial charge is 0.497 e. The monoisotopic (exact) mass is 319 g/mol. The zero-order valence-electron chi connectivity index (χ0n) is 12.9. The molecule has 8 nitrogen and oxygen atoms in total. The normalized spacial score (nSPS) is 17.8. The molecule has 8 heteroatoms. The highest BCUT2D eigenvalue weighted by Crippen LogP contribution is 2.26. The van der Waals surface area contributed by atoms with E-state index in [-0.39, 0.29) is 24.4 Å². The lowest BCUT2D eigenvalue weighted by Crippen LogP contribution is -2.62. The third-order valence-electron chi connectivity index (χ3n) is 3.99. The minimum Gasteiger partial charge on any atom is -0.497 e. The number of hydrogen-bond acceptors (Lipinski definition) is 5. The average Bonchev–Trinajstić information content (AvgIpc) is 2.85. The van der Waals surface area contributed by atoms with Gasteiger partial charge >= 0.3 is 6.03 Å². The minimum absolute atomic E-state index is 0.0242. The molecule has 0 aromatic heterocycles. The molecule has 2 fully saturated rings. The van der Waals surface area contributed by atoms with Crippen LogP contribution in [0.4, 0.5) is 4.79 Å². The van der Waals surface area contributed by atoms with Gasteiger partial charge in [0.25, 0.3) is 5.91 Å². The predicted molar refractivity (Wildman–Crippen MR) is 79.5 cm³/mol. The molecule has 0 bridgehead atoms. The van der Waals surface area contributed by atoms with Crippen molar-refractivity contribution in [2.75, 3.05) is 33.9 Å². The van der Waals surface area contributed by atoms with E-state index in [9.17, 15) is 14.4 Å². The van der Waals surface area contributed by atoms with Gasteiger partial charge in [-0.15, -0.1) is 0 Å². The highest BCUT2D eigenvalue weighted by Gasteiger charge is 2.43. The Morgan fingerprint density at radius 1 is 1.13 bits per heavy atom. The van der Waals surface area contributed by atoms with Crippen LogP contribution in [0.3, 0.4) is 0 Å². The van der Waals surface area contributed by atoms with E-state index >= 15 is 0 Å². The molecule has 0 saturated carbocycles. The molecule has 3 rings (SSSR count). The minimum atomic E-state index is -0.393. The molecule has 0 spiro atoms. The van der Waals surface area contributed by atoms with Crippen molar-refractivity contribution in [2.24, 2.45) is 0 Å². The van der Waals surface area contributed by atoms with Crippen LogP contribution in [-0.2, 0) is 4.79 Å². The molecule has 2 saturated heterocycles. The number of hydrogen-bond donors (Lipinski definition) is 1. The van der Waals surface area contributed by atoms with E-state index in [0.717, 1.165) is 0 Å². The van der Waals surface area contributed by atoms with Gasteiger partial charge in [0.05, 0.1) is 26.8 Å². The summed E-state index contributed by atoms with van der Waals surface area (Å²) in [5, 5.41) is 2.48. The van der Waals surface area contributed by atoms with Crippen LogP contribution in [0.15, 0.2) is 18.2 Å². The second-order valence-corrected chi connectivity index (χ2v) is 5.39. The van der Waals surface area contributed by atoms with E-state index in [1.54, 1.807) is 23.1 Å². The number of methoxy groups -OCH3 is 2. The van der Waals surface area contributed by atoms with Gasteiger partial charge in [-0.05, 0) is 12.1 Å². The number of imide groups is 1. The lowest BCUT2D eigenvalue weighted by Gasteiger charge is -2.42. The van der Waals surface area contributed by atoms with Gasteiger partial charge in [0.1, 0.15) is 11.5 Å². The number of nitrogens with one attached hydrogen (secondary N) is 1. The Balaban J connectivity index is 1.69. The zero-order valence-corrected chi connectivity index (χ0v) is 12.9. The fourth-order valence-electron chi connectivity index (χ4n) is 2.70. The van der Waals surface area contributed by atoms with Crippen molar-refractivity contribution in [1.82, 2.24) is 15.1 Å². The number of likely N-dealkylation sites (tertiary alicyclic amines) is 1. The first-order valence-electron chi connectivity index (χ1n) is 7.15. The molecule has 1 aromatic rings. The molecule has 4 amide bonds. The second kappa shape index (κ2) is 5.79. The van der Waals surface area contributed by atoms with Gasteiger partial charge in [-0.3, -0.25) is 14.5 Å². The number of urea groups is 1. The number of ether oxygens (including phenoxy) is 2. The molecule has 122 valence electrons. The zero-order chi connectivity index (χ0) is 16.6. The molecule has 2 aliphatic heterocycles. The summed E-state index contributed by atoms with van der Waals surface area (Å²) >= 11 is 0. The number of carbonyl (C=O) groups excluding carboxylic acids is 3. The Morgan fingerprint density at radius 3 is 2.22 bits per heavy atom. The van der Waals surface area contributed by atoms with Crippen LogP contribution in [0.5, 0.6) is 11.5 Å². The number of amides is 4. The van der Waals surface area contributed by atoms with Gasteiger partial charge in [-0.25, -0.2) is 4.79 Å². The summed E-state index contributed by atoms with van der Waals surface area (Å²) < 4.78 is 10.3. The Bertz CT molecular complexity index is 631. The van der Waals surface area contributed by atoms with Crippen LogP contribution in [0.1, 0.15) is 10.4 Å². The van der Waals surface area contributed by atoms with Crippen molar-refractivity contribution in [1.29, 1.82) is 0 Å². The quantitative estimate of drug-likeness (QED) is 0.794. The standard InChI is InChI=1S/C15H17N3O5/c1-22-11-3-9(4-12(5-11)23-2)14(20)17-7-10(8-17)18-13(19)6-16-15(18)21/h3-5,10H,6-8H2,1-2H3,(H,16,21). The van der Waals surface area contributed by atoms with Crippen molar-refractivity contribution in [3.63, 3.8) is 0 Å². The molecule has 0 aliphatic carbocycles. The smallest absolute Gasteiger partial charge is 0.324 e. The van der Waals surface area contributed by atoms with E-state index in [1.807, 2.05) is 0 Å². The van der Waals surface area contributed by atoms with Gasteiger partial charge < -0.3 is 19.7 Å². The van der Waals surface area contributed by atoms with E-state index in [0.29, 0.717) is 30.2 Å². The van der Waals surface area contributed by atoms with Crippen LogP contribution in [0, 0.1) is 0 Å². The summed E-state index contributed by atoms with van der Waals surface area (Å²) in [4.78, 5) is 38.5. The van der Waals surface area contributed by atoms with Gasteiger partial charge in [-0.2, -0.15) is 0 Å². The summed E-state index contributed by atoms with van der Waals surface area (Å²) in [6.07, 6.45) is 0. The molecule has 0 radical (unpaired) electrons. The van der Waals surface area contributed by atoms with Crippen molar-refractivity contribution in [3.8, 4) is 11.5 Å².